The van der Waals surface area contributed by atoms with E-state index < -0.39 is 0 Å². The fraction of sp³-hybridized carbons (Fsp3) is 0.167. The van der Waals surface area contributed by atoms with Crippen LogP contribution in [-0.2, 0) is 13.0 Å². The van der Waals surface area contributed by atoms with Crippen molar-refractivity contribution < 1.29 is 4.79 Å². The molecular weight excluding hydrogens is 386 g/mol. The highest BCUT2D eigenvalue weighted by molar-refractivity contribution is 9.10. The minimum atomic E-state index is 0.00961. The van der Waals surface area contributed by atoms with Gasteiger partial charge in [-0.3, -0.25) is 9.78 Å². The van der Waals surface area contributed by atoms with Crippen LogP contribution < -0.4 is 0 Å². The second-order valence-electron chi connectivity index (χ2n) is 5.33. The van der Waals surface area contributed by atoms with Gasteiger partial charge in [-0.2, -0.15) is 0 Å². The summed E-state index contributed by atoms with van der Waals surface area (Å²) in [5.41, 5.74) is 4.51. The molecule has 2 heterocycles. The number of rotatable bonds is 6. The molecule has 4 nitrogen and oxygen atoms in total. The van der Waals surface area contributed by atoms with Gasteiger partial charge in [0.15, 0.2) is 0 Å². The van der Waals surface area contributed by atoms with Crippen LogP contribution in [0.1, 0.15) is 21.6 Å². The van der Waals surface area contributed by atoms with Gasteiger partial charge >= 0.3 is 0 Å². The molecule has 3 aromatic rings. The van der Waals surface area contributed by atoms with Gasteiger partial charge in [0, 0.05) is 47.3 Å². The van der Waals surface area contributed by atoms with Crippen molar-refractivity contribution in [1.29, 1.82) is 0 Å². The lowest BCUT2D eigenvalue weighted by molar-refractivity contribution is 0.0744. The highest BCUT2D eigenvalue weighted by Crippen LogP contribution is 2.16. The Bertz CT molecular complexity index is 793. The van der Waals surface area contributed by atoms with Crippen LogP contribution in [0.3, 0.4) is 0 Å². The van der Waals surface area contributed by atoms with Crippen molar-refractivity contribution in [3.8, 4) is 0 Å². The van der Waals surface area contributed by atoms with Crippen molar-refractivity contribution in [3.63, 3.8) is 0 Å². The maximum absolute atomic E-state index is 12.9. The number of benzene rings is 1. The van der Waals surface area contributed by atoms with Crippen molar-refractivity contribution >= 4 is 33.2 Å². The molecule has 0 aliphatic heterocycles. The Morgan fingerprint density at radius 1 is 1.25 bits per heavy atom. The fourth-order valence-electron chi connectivity index (χ4n) is 2.38. The van der Waals surface area contributed by atoms with Crippen LogP contribution >= 0.6 is 27.3 Å². The summed E-state index contributed by atoms with van der Waals surface area (Å²) < 4.78 is 0.897. The van der Waals surface area contributed by atoms with Gasteiger partial charge in [-0.25, -0.2) is 4.98 Å². The van der Waals surface area contributed by atoms with Crippen LogP contribution in [0, 0.1) is 0 Å². The van der Waals surface area contributed by atoms with E-state index in [0.717, 1.165) is 22.2 Å². The van der Waals surface area contributed by atoms with Crippen LogP contribution in [0.5, 0.6) is 0 Å². The standard InChI is InChI=1S/C18H16BrN3OS/c19-16-5-1-4-15(9-16)18(23)22(8-6-17-12-24-13-21-17)11-14-3-2-7-20-10-14/h1-5,7,9-10,12-13H,6,8,11H2. The van der Waals surface area contributed by atoms with Crippen molar-refractivity contribution in [2.75, 3.05) is 6.54 Å². The number of pyridine rings is 1. The van der Waals surface area contributed by atoms with Gasteiger partial charge in [0.05, 0.1) is 11.2 Å². The summed E-state index contributed by atoms with van der Waals surface area (Å²) >= 11 is 5.00. The molecule has 24 heavy (non-hydrogen) atoms. The van der Waals surface area contributed by atoms with E-state index in [9.17, 15) is 4.79 Å². The number of halogens is 1. The number of amides is 1. The number of carbonyl (C=O) groups excluding carboxylic acids is 1. The Morgan fingerprint density at radius 3 is 2.88 bits per heavy atom. The molecule has 122 valence electrons. The minimum Gasteiger partial charge on any atom is -0.334 e. The van der Waals surface area contributed by atoms with E-state index in [4.69, 9.17) is 0 Å². The van der Waals surface area contributed by atoms with Crippen molar-refractivity contribution in [3.05, 3.63) is 81.0 Å². The summed E-state index contributed by atoms with van der Waals surface area (Å²) in [6.07, 6.45) is 4.27. The monoisotopic (exact) mass is 401 g/mol. The van der Waals surface area contributed by atoms with Crippen LogP contribution in [-0.4, -0.2) is 27.3 Å². The van der Waals surface area contributed by atoms with E-state index in [-0.39, 0.29) is 5.91 Å². The summed E-state index contributed by atoms with van der Waals surface area (Å²) in [4.78, 5) is 23.2. The van der Waals surface area contributed by atoms with Gasteiger partial charge in [-0.15, -0.1) is 11.3 Å². The number of aromatic nitrogens is 2. The van der Waals surface area contributed by atoms with Crippen molar-refractivity contribution in [2.45, 2.75) is 13.0 Å². The molecule has 0 saturated carbocycles. The maximum atomic E-state index is 12.9. The molecule has 0 aliphatic rings. The number of carbonyl (C=O) groups is 1. The molecule has 0 saturated heterocycles. The molecule has 1 amide bonds. The van der Waals surface area contributed by atoms with Gasteiger partial charge in [-0.1, -0.05) is 28.1 Å². The molecule has 1 aromatic carbocycles. The molecule has 0 aliphatic carbocycles. The average Bonchev–Trinajstić information content (AvgIpc) is 3.12. The molecule has 3 rings (SSSR count). The molecule has 0 radical (unpaired) electrons. The van der Waals surface area contributed by atoms with E-state index in [1.165, 1.54) is 0 Å². The van der Waals surface area contributed by atoms with Gasteiger partial charge in [0.1, 0.15) is 0 Å². The Balaban J connectivity index is 1.78. The lowest BCUT2D eigenvalue weighted by Gasteiger charge is -2.22. The number of hydrogen-bond donors (Lipinski definition) is 0. The van der Waals surface area contributed by atoms with Crippen LogP contribution in [0.2, 0.25) is 0 Å². The Hall–Kier alpha value is -2.05. The third-order valence-electron chi connectivity index (χ3n) is 3.58. The minimum absolute atomic E-state index is 0.00961. The van der Waals surface area contributed by atoms with Gasteiger partial charge in [-0.05, 0) is 29.8 Å². The Labute approximate surface area is 153 Å². The van der Waals surface area contributed by atoms with Crippen LogP contribution in [0.15, 0.2) is 64.2 Å². The average molecular weight is 402 g/mol. The summed E-state index contributed by atoms with van der Waals surface area (Å²) in [6, 6.07) is 11.3. The van der Waals surface area contributed by atoms with E-state index in [1.54, 1.807) is 23.7 Å². The predicted molar refractivity (Wildman–Crippen MR) is 98.9 cm³/mol. The molecule has 0 unspecified atom stereocenters. The van der Waals surface area contributed by atoms with Crippen molar-refractivity contribution in [1.82, 2.24) is 14.9 Å². The normalized spacial score (nSPS) is 10.5. The quantitative estimate of drug-likeness (QED) is 0.621. The zero-order chi connectivity index (χ0) is 16.8. The summed E-state index contributed by atoms with van der Waals surface area (Å²) in [6.45, 7) is 1.15. The third-order valence-corrected chi connectivity index (χ3v) is 4.70. The van der Waals surface area contributed by atoms with Gasteiger partial charge in [0.2, 0.25) is 0 Å². The second kappa shape index (κ2) is 8.17. The first-order valence-corrected chi connectivity index (χ1v) is 9.27. The SMILES string of the molecule is O=C(c1cccc(Br)c1)N(CCc1cscn1)Cc1cccnc1. The molecule has 6 heteroatoms. The number of nitrogens with zero attached hydrogens (tertiary/aromatic N) is 3. The molecule has 0 atom stereocenters. The zero-order valence-corrected chi connectivity index (χ0v) is 15.3. The third kappa shape index (κ3) is 4.49. The first-order valence-electron chi connectivity index (χ1n) is 7.53. The van der Waals surface area contributed by atoms with Gasteiger partial charge in [0.25, 0.3) is 5.91 Å². The van der Waals surface area contributed by atoms with Crippen molar-refractivity contribution in [2.24, 2.45) is 0 Å². The van der Waals surface area contributed by atoms with E-state index in [1.807, 2.05) is 52.2 Å². The van der Waals surface area contributed by atoms with Crippen LogP contribution in [0.25, 0.3) is 0 Å². The highest BCUT2D eigenvalue weighted by Gasteiger charge is 2.17. The first-order chi connectivity index (χ1) is 11.7. The molecule has 0 fully saturated rings. The second-order valence-corrected chi connectivity index (χ2v) is 6.96. The first kappa shape index (κ1) is 16.8. The lowest BCUT2D eigenvalue weighted by atomic mass is 10.1. The highest BCUT2D eigenvalue weighted by atomic mass is 79.9. The molecular formula is C18H16BrN3OS. The van der Waals surface area contributed by atoms with Gasteiger partial charge < -0.3 is 4.90 Å². The maximum Gasteiger partial charge on any atom is 0.254 e. The fourth-order valence-corrected chi connectivity index (χ4v) is 3.37. The summed E-state index contributed by atoms with van der Waals surface area (Å²) in [5, 5.41) is 2.02. The zero-order valence-electron chi connectivity index (χ0n) is 12.9. The topological polar surface area (TPSA) is 46.1 Å². The smallest absolute Gasteiger partial charge is 0.254 e. The van der Waals surface area contributed by atoms with E-state index >= 15 is 0 Å². The van der Waals surface area contributed by atoms with E-state index in [0.29, 0.717) is 18.7 Å². The molecule has 2 aromatic heterocycles. The number of thiazole rings is 1. The molecule has 0 bridgehead atoms. The Kier molecular flexibility index (Phi) is 5.72. The predicted octanol–water partition coefficient (Wildman–Crippen LogP) is 4.19. The van der Waals surface area contributed by atoms with Crippen LogP contribution in [0.4, 0.5) is 0 Å². The lowest BCUT2D eigenvalue weighted by Crippen LogP contribution is -2.32. The summed E-state index contributed by atoms with van der Waals surface area (Å²) in [5.74, 6) is 0.00961. The molecule has 0 N–H and O–H groups in total. The summed E-state index contributed by atoms with van der Waals surface area (Å²) in [7, 11) is 0. The Morgan fingerprint density at radius 2 is 2.17 bits per heavy atom. The number of hydrogen-bond acceptors (Lipinski definition) is 4. The molecule has 0 spiro atoms. The largest absolute Gasteiger partial charge is 0.334 e. The van der Waals surface area contributed by atoms with E-state index in [2.05, 4.69) is 25.9 Å².